The lowest BCUT2D eigenvalue weighted by molar-refractivity contribution is 1.19. The van der Waals surface area contributed by atoms with E-state index >= 15 is 0 Å². The Hall–Kier alpha value is -6.42. The molecule has 2 heterocycles. The van der Waals surface area contributed by atoms with E-state index in [0.29, 0.717) is 0 Å². The largest absolute Gasteiger partial charge is 0.355 e. The number of fused-ring (bicyclic) bond motifs is 7. The minimum absolute atomic E-state index is 1.06. The molecule has 10 aromatic rings. The summed E-state index contributed by atoms with van der Waals surface area (Å²) in [6.45, 7) is 0. The molecule has 10 rings (SSSR count). The molecule has 0 spiro atoms. The minimum Gasteiger partial charge on any atom is -0.355 e. The van der Waals surface area contributed by atoms with Gasteiger partial charge >= 0.3 is 0 Å². The molecule has 0 saturated carbocycles. The summed E-state index contributed by atoms with van der Waals surface area (Å²) in [7, 11) is 0. The Balaban J connectivity index is 1.14. The lowest BCUT2D eigenvalue weighted by Crippen LogP contribution is -1.95. The van der Waals surface area contributed by atoms with E-state index in [0.717, 1.165) is 16.9 Å². The zero-order chi connectivity index (χ0) is 33.7. The van der Waals surface area contributed by atoms with E-state index in [-0.39, 0.29) is 0 Å². The van der Waals surface area contributed by atoms with Crippen molar-refractivity contribution in [1.82, 2.24) is 4.57 Å². The van der Waals surface area contributed by atoms with Crippen molar-refractivity contribution < 1.29 is 0 Å². The molecule has 240 valence electrons. The second-order valence-corrected chi connectivity index (χ2v) is 14.1. The van der Waals surface area contributed by atoms with Gasteiger partial charge in [0.25, 0.3) is 0 Å². The zero-order valence-electron chi connectivity index (χ0n) is 27.8. The van der Waals surface area contributed by atoms with E-state index in [1.165, 1.54) is 75.5 Å². The SMILES string of the molecule is c1ccc(Nc2cc(-c3ccccc3)ccc2-c2cccc(-c3ccc4c(c3)c3ccc5c6ccccc6sc5c3n4-c3ccccc3)c2)cc1. The molecule has 0 atom stereocenters. The van der Waals surface area contributed by atoms with Crippen molar-refractivity contribution in [2.24, 2.45) is 0 Å². The van der Waals surface area contributed by atoms with Gasteiger partial charge in [0.1, 0.15) is 0 Å². The Morgan fingerprint density at radius 3 is 1.90 bits per heavy atom. The maximum atomic E-state index is 3.73. The smallest absolute Gasteiger partial charge is 0.0719 e. The molecule has 3 heteroatoms. The summed E-state index contributed by atoms with van der Waals surface area (Å²) in [5, 5.41) is 8.89. The van der Waals surface area contributed by atoms with Crippen LogP contribution in [-0.4, -0.2) is 4.57 Å². The summed E-state index contributed by atoms with van der Waals surface area (Å²) < 4.78 is 5.10. The summed E-state index contributed by atoms with van der Waals surface area (Å²) in [4.78, 5) is 0. The highest BCUT2D eigenvalue weighted by molar-refractivity contribution is 7.26. The summed E-state index contributed by atoms with van der Waals surface area (Å²) >= 11 is 1.89. The first kappa shape index (κ1) is 29.5. The van der Waals surface area contributed by atoms with Gasteiger partial charge in [-0.25, -0.2) is 0 Å². The number of thiophene rings is 1. The molecule has 8 aromatic carbocycles. The first-order valence-electron chi connectivity index (χ1n) is 17.3. The number of nitrogens with zero attached hydrogens (tertiary/aromatic N) is 1. The number of para-hydroxylation sites is 2. The van der Waals surface area contributed by atoms with Crippen LogP contribution in [0.25, 0.3) is 81.0 Å². The molecular weight excluding hydrogens is 637 g/mol. The number of anilines is 2. The Morgan fingerprint density at radius 2 is 1.06 bits per heavy atom. The molecular formula is C48H32N2S. The number of hydrogen-bond donors (Lipinski definition) is 1. The van der Waals surface area contributed by atoms with Crippen LogP contribution in [0.15, 0.2) is 188 Å². The standard InChI is InChI=1S/C48H32N2S/c1-4-13-32(14-5-1)35-23-25-39(44(31-35)49-37-17-6-2-7-18-37)36-16-12-15-33(29-36)34-24-28-45-43(30-34)41-26-27-42-40-21-10-11-22-46(40)51-48(42)47(41)50(45)38-19-8-3-9-20-38/h1-31,49H. The topological polar surface area (TPSA) is 17.0 Å². The average Bonchev–Trinajstić information content (AvgIpc) is 3.75. The summed E-state index contributed by atoms with van der Waals surface area (Å²) in [6.07, 6.45) is 0. The van der Waals surface area contributed by atoms with Gasteiger partial charge in [0.05, 0.1) is 15.7 Å². The van der Waals surface area contributed by atoms with Crippen LogP contribution >= 0.6 is 11.3 Å². The van der Waals surface area contributed by atoms with Gasteiger partial charge in [-0.15, -0.1) is 11.3 Å². The van der Waals surface area contributed by atoms with Gasteiger partial charge < -0.3 is 9.88 Å². The Kier molecular flexibility index (Phi) is 7.04. The molecule has 1 N–H and O–H groups in total. The van der Waals surface area contributed by atoms with Gasteiger partial charge in [0, 0.05) is 48.9 Å². The molecule has 0 aliphatic rings. The number of nitrogens with one attached hydrogen (secondary N) is 1. The van der Waals surface area contributed by atoms with Crippen molar-refractivity contribution in [3.63, 3.8) is 0 Å². The quantitative estimate of drug-likeness (QED) is 0.187. The molecule has 0 amide bonds. The minimum atomic E-state index is 1.06. The molecule has 51 heavy (non-hydrogen) atoms. The van der Waals surface area contributed by atoms with Crippen molar-refractivity contribution in [3.05, 3.63) is 188 Å². The van der Waals surface area contributed by atoms with Crippen molar-refractivity contribution in [1.29, 1.82) is 0 Å². The van der Waals surface area contributed by atoms with E-state index in [4.69, 9.17) is 0 Å². The average molecular weight is 669 g/mol. The van der Waals surface area contributed by atoms with Crippen LogP contribution in [0.4, 0.5) is 11.4 Å². The highest BCUT2D eigenvalue weighted by atomic mass is 32.1. The Labute approximate surface area is 300 Å². The number of aromatic nitrogens is 1. The summed E-state index contributed by atoms with van der Waals surface area (Å²) in [5.74, 6) is 0. The van der Waals surface area contributed by atoms with Crippen LogP contribution in [0.2, 0.25) is 0 Å². The zero-order valence-corrected chi connectivity index (χ0v) is 28.6. The molecule has 2 aromatic heterocycles. The van der Waals surface area contributed by atoms with Crippen LogP contribution in [0, 0.1) is 0 Å². The van der Waals surface area contributed by atoms with E-state index < -0.39 is 0 Å². The molecule has 2 nitrogen and oxygen atoms in total. The number of rotatable bonds is 6. The summed E-state index contributed by atoms with van der Waals surface area (Å²) in [6, 6.07) is 67.9. The van der Waals surface area contributed by atoms with Gasteiger partial charge in [-0.3, -0.25) is 0 Å². The fourth-order valence-electron chi connectivity index (χ4n) is 7.56. The Bertz CT molecular complexity index is 2870. The molecule has 0 saturated heterocycles. The molecule has 0 bridgehead atoms. The van der Waals surface area contributed by atoms with Crippen LogP contribution in [0.1, 0.15) is 0 Å². The fraction of sp³-hybridized carbons (Fsp3) is 0. The van der Waals surface area contributed by atoms with Crippen LogP contribution < -0.4 is 5.32 Å². The molecule has 0 aliphatic heterocycles. The van der Waals surface area contributed by atoms with E-state index in [2.05, 4.69) is 198 Å². The van der Waals surface area contributed by atoms with E-state index in [1.807, 2.05) is 11.3 Å². The van der Waals surface area contributed by atoms with Crippen molar-refractivity contribution in [2.45, 2.75) is 0 Å². The maximum Gasteiger partial charge on any atom is 0.0719 e. The van der Waals surface area contributed by atoms with Gasteiger partial charge in [0.15, 0.2) is 0 Å². The molecule has 0 unspecified atom stereocenters. The van der Waals surface area contributed by atoms with Gasteiger partial charge in [-0.2, -0.15) is 0 Å². The van der Waals surface area contributed by atoms with Crippen LogP contribution in [-0.2, 0) is 0 Å². The van der Waals surface area contributed by atoms with E-state index in [9.17, 15) is 0 Å². The number of hydrogen-bond acceptors (Lipinski definition) is 2. The third-order valence-electron chi connectivity index (χ3n) is 9.97. The van der Waals surface area contributed by atoms with Crippen LogP contribution in [0.3, 0.4) is 0 Å². The molecule has 0 aliphatic carbocycles. The fourth-order valence-corrected chi connectivity index (χ4v) is 8.80. The van der Waals surface area contributed by atoms with Gasteiger partial charge in [-0.1, -0.05) is 133 Å². The monoisotopic (exact) mass is 668 g/mol. The first-order chi connectivity index (χ1) is 25.3. The molecule has 0 fully saturated rings. The highest BCUT2D eigenvalue weighted by Crippen LogP contribution is 2.44. The van der Waals surface area contributed by atoms with Crippen molar-refractivity contribution in [3.8, 4) is 39.1 Å². The maximum absolute atomic E-state index is 3.73. The second-order valence-electron chi connectivity index (χ2n) is 13.0. The summed E-state index contributed by atoms with van der Waals surface area (Å²) in [5.41, 5.74) is 12.9. The normalized spacial score (nSPS) is 11.5. The third-order valence-corrected chi connectivity index (χ3v) is 11.2. The second kappa shape index (κ2) is 12.2. The van der Waals surface area contributed by atoms with Crippen LogP contribution in [0.5, 0.6) is 0 Å². The van der Waals surface area contributed by atoms with Gasteiger partial charge in [-0.05, 0) is 82.4 Å². The first-order valence-corrected chi connectivity index (χ1v) is 18.2. The van der Waals surface area contributed by atoms with E-state index in [1.54, 1.807) is 0 Å². The Morgan fingerprint density at radius 1 is 0.412 bits per heavy atom. The lowest BCUT2D eigenvalue weighted by atomic mass is 9.95. The lowest BCUT2D eigenvalue weighted by Gasteiger charge is -2.16. The molecule has 0 radical (unpaired) electrons. The predicted octanol–water partition coefficient (Wildman–Crippen LogP) is 13.9. The number of benzene rings is 8. The van der Waals surface area contributed by atoms with Crippen molar-refractivity contribution in [2.75, 3.05) is 5.32 Å². The third kappa shape index (κ3) is 5.10. The van der Waals surface area contributed by atoms with Crippen molar-refractivity contribution >= 4 is 64.7 Å². The predicted molar refractivity (Wildman–Crippen MR) is 220 cm³/mol. The highest BCUT2D eigenvalue weighted by Gasteiger charge is 2.19. The van der Waals surface area contributed by atoms with Gasteiger partial charge in [0.2, 0.25) is 0 Å².